The highest BCUT2D eigenvalue weighted by atomic mass is 16.5. The molecule has 3 aromatic rings. The Hall–Kier alpha value is -3.47. The molecule has 50 heavy (non-hydrogen) atoms. The van der Waals surface area contributed by atoms with Crippen LogP contribution in [0.3, 0.4) is 0 Å². The molecule has 1 amide bonds. The zero-order chi connectivity index (χ0) is 35.0. The third kappa shape index (κ3) is 8.52. The fraction of sp³-hybridized carbons (Fsp3) is 0.537. The van der Waals surface area contributed by atoms with Gasteiger partial charge in [0.05, 0.1) is 44.6 Å². The van der Waals surface area contributed by atoms with E-state index < -0.39 is 11.7 Å². The van der Waals surface area contributed by atoms with Crippen molar-refractivity contribution in [3.05, 3.63) is 89.5 Å². The SMILES string of the molecule is CC[C@@H](NC[C@H](O)c1ccc(O)c(NC=O)c1)c1ccc(OCCC[N+]23CCC(CC2)[C@@H](OCC(O)(c2ccccc2)C2CCCC2)C3)cc1. The van der Waals surface area contributed by atoms with Crippen LogP contribution >= 0.6 is 0 Å². The van der Waals surface area contributed by atoms with Crippen molar-refractivity contribution in [1.82, 2.24) is 5.32 Å². The monoisotopic (exact) mass is 686 g/mol. The lowest BCUT2D eigenvalue weighted by atomic mass is 9.80. The van der Waals surface area contributed by atoms with Gasteiger partial charge in [-0.25, -0.2) is 0 Å². The van der Waals surface area contributed by atoms with Gasteiger partial charge in [-0.05, 0) is 66.1 Å². The van der Waals surface area contributed by atoms with E-state index in [1.54, 1.807) is 12.1 Å². The van der Waals surface area contributed by atoms with Crippen LogP contribution in [0.1, 0.15) is 87.1 Å². The number of quaternary nitrogens is 1. The molecule has 2 bridgehead atoms. The maximum Gasteiger partial charge on any atom is 0.211 e. The molecule has 1 unspecified atom stereocenters. The van der Waals surface area contributed by atoms with Crippen molar-refractivity contribution in [2.24, 2.45) is 11.8 Å². The molecule has 4 fully saturated rings. The molecule has 5 N–H and O–H groups in total. The molecule has 9 heteroatoms. The van der Waals surface area contributed by atoms with Crippen molar-refractivity contribution in [2.45, 2.75) is 82.1 Å². The Morgan fingerprint density at radius 1 is 0.980 bits per heavy atom. The van der Waals surface area contributed by atoms with Crippen molar-refractivity contribution in [1.29, 1.82) is 0 Å². The van der Waals surface area contributed by atoms with E-state index in [0.717, 1.165) is 60.1 Å². The fourth-order valence-corrected chi connectivity index (χ4v) is 8.72. The van der Waals surface area contributed by atoms with E-state index in [1.807, 2.05) is 30.3 Å². The Balaban J connectivity index is 0.963. The summed E-state index contributed by atoms with van der Waals surface area (Å²) in [5, 5.41) is 38.6. The van der Waals surface area contributed by atoms with Crippen LogP contribution in [0.25, 0.3) is 0 Å². The van der Waals surface area contributed by atoms with Gasteiger partial charge < -0.3 is 39.9 Å². The number of benzene rings is 3. The zero-order valence-corrected chi connectivity index (χ0v) is 29.5. The largest absolute Gasteiger partial charge is 0.506 e. The summed E-state index contributed by atoms with van der Waals surface area (Å²) in [5.74, 6) is 1.66. The smallest absolute Gasteiger partial charge is 0.211 e. The molecule has 1 saturated carbocycles. The quantitative estimate of drug-likeness (QED) is 0.0468. The first-order chi connectivity index (χ1) is 24.3. The van der Waals surface area contributed by atoms with Crippen LogP contribution in [0.15, 0.2) is 72.8 Å². The topological polar surface area (TPSA) is 120 Å². The minimum Gasteiger partial charge on any atom is -0.506 e. The highest BCUT2D eigenvalue weighted by Gasteiger charge is 2.48. The molecule has 4 atom stereocenters. The maximum absolute atomic E-state index is 12.0. The first-order valence-corrected chi connectivity index (χ1v) is 18.7. The van der Waals surface area contributed by atoms with E-state index in [-0.39, 0.29) is 29.5 Å². The van der Waals surface area contributed by atoms with E-state index in [2.05, 4.69) is 41.8 Å². The van der Waals surface area contributed by atoms with Crippen LogP contribution in [0, 0.1) is 11.8 Å². The number of fused-ring (bicyclic) bond motifs is 3. The Morgan fingerprint density at radius 2 is 1.70 bits per heavy atom. The molecule has 7 rings (SSSR count). The number of hydrogen-bond donors (Lipinski definition) is 5. The number of carbonyl (C=O) groups is 1. The lowest BCUT2D eigenvalue weighted by Gasteiger charge is -2.53. The van der Waals surface area contributed by atoms with Gasteiger partial charge in [-0.1, -0.05) is 68.3 Å². The van der Waals surface area contributed by atoms with E-state index in [4.69, 9.17) is 9.47 Å². The number of nitrogens with one attached hydrogen (secondary N) is 2. The van der Waals surface area contributed by atoms with E-state index >= 15 is 0 Å². The van der Waals surface area contributed by atoms with Crippen LogP contribution in [-0.2, 0) is 15.1 Å². The Kier molecular flexibility index (Phi) is 12.1. The molecule has 3 heterocycles. The number of ether oxygens (including phenoxy) is 2. The van der Waals surface area contributed by atoms with E-state index in [0.29, 0.717) is 37.6 Å². The number of phenolic OH excluding ortho intramolecular Hbond substituents is 1. The number of phenols is 1. The second kappa shape index (κ2) is 16.7. The summed E-state index contributed by atoms with van der Waals surface area (Å²) in [6.45, 7) is 7.99. The third-order valence-electron chi connectivity index (χ3n) is 11.8. The number of aromatic hydroxyl groups is 1. The van der Waals surface area contributed by atoms with Crippen molar-refractivity contribution >= 4 is 12.1 Å². The van der Waals surface area contributed by atoms with E-state index in [1.165, 1.54) is 44.8 Å². The highest BCUT2D eigenvalue weighted by molar-refractivity contribution is 5.75. The van der Waals surface area contributed by atoms with Gasteiger partial charge in [0.15, 0.2) is 0 Å². The summed E-state index contributed by atoms with van der Waals surface area (Å²) in [6, 6.07) is 23.2. The molecule has 3 aliphatic heterocycles. The number of hydrogen-bond acceptors (Lipinski definition) is 7. The molecule has 1 aliphatic carbocycles. The van der Waals surface area contributed by atoms with Crippen LogP contribution in [0.5, 0.6) is 11.5 Å². The van der Waals surface area contributed by atoms with Gasteiger partial charge in [0.25, 0.3) is 0 Å². The first kappa shape index (κ1) is 36.3. The minimum atomic E-state index is -0.916. The average Bonchev–Trinajstić information content (AvgIpc) is 3.71. The van der Waals surface area contributed by atoms with Gasteiger partial charge >= 0.3 is 0 Å². The number of carbonyl (C=O) groups excluding carboxylic acids is 1. The summed E-state index contributed by atoms with van der Waals surface area (Å²) < 4.78 is 14.0. The Labute approximate surface area is 297 Å². The predicted octanol–water partition coefficient (Wildman–Crippen LogP) is 6.21. The summed E-state index contributed by atoms with van der Waals surface area (Å²) in [4.78, 5) is 10.8. The first-order valence-electron chi connectivity index (χ1n) is 18.7. The molecule has 270 valence electrons. The normalized spacial score (nSPS) is 24.4. The molecule has 3 aromatic carbocycles. The van der Waals surface area contributed by atoms with Gasteiger partial charge in [0.1, 0.15) is 29.7 Å². The molecular weight excluding hydrogens is 630 g/mol. The van der Waals surface area contributed by atoms with Crippen molar-refractivity contribution in [3.63, 3.8) is 0 Å². The van der Waals surface area contributed by atoms with Crippen molar-refractivity contribution < 1.29 is 34.1 Å². The van der Waals surface area contributed by atoms with Crippen LogP contribution < -0.4 is 15.4 Å². The van der Waals surface area contributed by atoms with Gasteiger partial charge in [0, 0.05) is 37.8 Å². The van der Waals surface area contributed by atoms with Gasteiger partial charge in [-0.2, -0.15) is 0 Å². The number of piperidine rings is 3. The van der Waals surface area contributed by atoms with Crippen molar-refractivity contribution in [3.8, 4) is 11.5 Å². The molecular formula is C41H56N3O6+. The second-order valence-corrected chi connectivity index (χ2v) is 14.8. The minimum absolute atomic E-state index is 0.0448. The molecule has 3 saturated heterocycles. The Bertz CT molecular complexity index is 1510. The van der Waals surface area contributed by atoms with Gasteiger partial charge in [-0.15, -0.1) is 0 Å². The maximum atomic E-state index is 12.0. The Morgan fingerprint density at radius 3 is 2.40 bits per heavy atom. The second-order valence-electron chi connectivity index (χ2n) is 14.8. The summed E-state index contributed by atoms with van der Waals surface area (Å²) in [7, 11) is 0. The number of rotatable bonds is 18. The molecule has 0 spiro atoms. The fourth-order valence-electron chi connectivity index (χ4n) is 8.72. The summed E-state index contributed by atoms with van der Waals surface area (Å²) >= 11 is 0. The van der Waals surface area contributed by atoms with Crippen LogP contribution in [0.2, 0.25) is 0 Å². The number of anilines is 1. The lowest BCUT2D eigenvalue weighted by molar-refractivity contribution is -0.946. The number of nitrogens with zero attached hydrogens (tertiary/aromatic N) is 1. The zero-order valence-electron chi connectivity index (χ0n) is 29.5. The number of aliphatic hydroxyl groups excluding tert-OH is 1. The molecule has 9 nitrogen and oxygen atoms in total. The van der Waals surface area contributed by atoms with Crippen LogP contribution in [0.4, 0.5) is 5.69 Å². The highest BCUT2D eigenvalue weighted by Crippen LogP contribution is 2.43. The summed E-state index contributed by atoms with van der Waals surface area (Å²) in [5.41, 5.74) is 2.08. The van der Waals surface area contributed by atoms with Crippen molar-refractivity contribution in [2.75, 3.05) is 51.3 Å². The predicted molar refractivity (Wildman–Crippen MR) is 195 cm³/mol. The lowest BCUT2D eigenvalue weighted by Crippen LogP contribution is -2.65. The van der Waals surface area contributed by atoms with Gasteiger partial charge in [-0.3, -0.25) is 4.79 Å². The van der Waals surface area contributed by atoms with Gasteiger partial charge in [0.2, 0.25) is 6.41 Å². The average molecular weight is 687 g/mol. The number of aliphatic hydroxyl groups is 2. The standard InChI is InChI=1S/C41H55N3O6/c1-2-36(42-26-39(47)32-15-18-38(46)37(25-32)43-29-45)30-13-16-35(17-14-30)49-24-8-21-44-22-19-31(20-23-44)40(27-44)50-28-41(48,34-11-6-7-12-34)33-9-4-3-5-10-33/h3-5,9-10,13-18,25,29,31,34,36,39-40,42,47-48H,2,6-8,11-12,19-24,26-28H2,1H3,(H-,43,45,46)/p+1/t31?,36-,39+,40+,41?,44?/m1/s1. The van der Waals surface area contributed by atoms with Crippen LogP contribution in [-0.4, -0.2) is 78.3 Å². The molecule has 0 radical (unpaired) electrons. The molecule has 4 aliphatic rings. The number of amides is 1. The third-order valence-corrected chi connectivity index (χ3v) is 11.8. The summed E-state index contributed by atoms with van der Waals surface area (Å²) in [6.07, 6.45) is 8.62. The van der Waals surface area contributed by atoms with E-state index in [9.17, 15) is 20.1 Å². The molecule has 0 aromatic heterocycles.